The van der Waals surface area contributed by atoms with Crippen molar-refractivity contribution < 1.29 is 37.3 Å². The Labute approximate surface area is 515 Å². The number of likely N-dealkylation sites (N-methyl/N-ethyl adjacent to an activating group) is 1. The van der Waals surface area contributed by atoms with E-state index < -0.39 is 20.0 Å². The molecular formula is C73H137N2O7P. The van der Waals surface area contributed by atoms with Gasteiger partial charge in [-0.05, 0) is 76.7 Å². The van der Waals surface area contributed by atoms with Crippen LogP contribution in [0.5, 0.6) is 0 Å². The number of phosphoric ester groups is 1. The molecule has 0 heterocycles. The lowest BCUT2D eigenvalue weighted by atomic mass is 10.0. The molecule has 1 N–H and O–H groups in total. The highest BCUT2D eigenvalue weighted by Crippen LogP contribution is 2.38. The van der Waals surface area contributed by atoms with Gasteiger partial charge in [0.25, 0.3) is 7.82 Å². The first-order valence-corrected chi connectivity index (χ1v) is 37.1. The number of esters is 1. The van der Waals surface area contributed by atoms with E-state index >= 15 is 0 Å². The molecule has 9 nitrogen and oxygen atoms in total. The summed E-state index contributed by atoms with van der Waals surface area (Å²) in [5, 5.41) is 3.05. The van der Waals surface area contributed by atoms with Gasteiger partial charge in [0, 0.05) is 12.8 Å². The van der Waals surface area contributed by atoms with Crippen molar-refractivity contribution in [1.29, 1.82) is 0 Å². The van der Waals surface area contributed by atoms with Gasteiger partial charge >= 0.3 is 5.97 Å². The van der Waals surface area contributed by atoms with Crippen LogP contribution in [0.3, 0.4) is 0 Å². The Morgan fingerprint density at radius 2 is 0.735 bits per heavy atom. The van der Waals surface area contributed by atoms with Crippen molar-refractivity contribution in [1.82, 2.24) is 5.32 Å². The van der Waals surface area contributed by atoms with Crippen LogP contribution in [-0.2, 0) is 27.9 Å². The molecule has 0 fully saturated rings. The Balaban J connectivity index is 5.11. The van der Waals surface area contributed by atoms with Gasteiger partial charge in [-0.3, -0.25) is 14.2 Å². The molecule has 0 spiro atoms. The van der Waals surface area contributed by atoms with E-state index in [1.165, 1.54) is 218 Å². The summed E-state index contributed by atoms with van der Waals surface area (Å²) in [6.07, 6.45) is 80.5. The highest BCUT2D eigenvalue weighted by atomic mass is 31.2. The van der Waals surface area contributed by atoms with Crippen LogP contribution in [-0.4, -0.2) is 69.4 Å². The van der Waals surface area contributed by atoms with Gasteiger partial charge in [0.2, 0.25) is 5.91 Å². The van der Waals surface area contributed by atoms with E-state index in [1.54, 1.807) is 0 Å². The van der Waals surface area contributed by atoms with Gasteiger partial charge in [0.15, 0.2) is 0 Å². The van der Waals surface area contributed by atoms with Gasteiger partial charge < -0.3 is 28.5 Å². The third-order valence-corrected chi connectivity index (χ3v) is 16.9. The van der Waals surface area contributed by atoms with Gasteiger partial charge in [-0.1, -0.05) is 313 Å². The minimum atomic E-state index is -4.71. The smallest absolute Gasteiger partial charge is 0.306 e. The number of hydrogen-bond donors (Lipinski definition) is 1. The zero-order chi connectivity index (χ0) is 60.7. The topological polar surface area (TPSA) is 114 Å². The summed E-state index contributed by atoms with van der Waals surface area (Å²) in [5.74, 6) is -0.533. The first-order valence-electron chi connectivity index (χ1n) is 35.6. The van der Waals surface area contributed by atoms with E-state index in [0.29, 0.717) is 17.4 Å². The predicted octanol–water partition coefficient (Wildman–Crippen LogP) is 21.9. The SMILES string of the molecule is CCCCC/C=C\C/C=C\C/C=C\C/C=C\CCCCCCCCCCCC(=O)NC(COP(=O)([O-])OCC[N+](C)(C)C)C(/C=C\CCCCCCCCCCCCC)OC(=O)CCCCCCCCCCCCCCCCCCCCC. The number of carbonyl (C=O) groups is 2. The molecule has 0 radical (unpaired) electrons. The molecule has 1 amide bonds. The molecule has 3 unspecified atom stereocenters. The van der Waals surface area contributed by atoms with E-state index in [1.807, 2.05) is 33.3 Å². The monoisotopic (exact) mass is 1190 g/mol. The molecule has 0 aliphatic carbocycles. The van der Waals surface area contributed by atoms with Crippen LogP contribution in [0.4, 0.5) is 0 Å². The van der Waals surface area contributed by atoms with Crippen LogP contribution < -0.4 is 10.2 Å². The molecule has 0 saturated heterocycles. The second-order valence-corrected chi connectivity index (χ2v) is 26.8. The lowest BCUT2D eigenvalue weighted by molar-refractivity contribution is -0.870. The van der Waals surface area contributed by atoms with Crippen molar-refractivity contribution in [3.8, 4) is 0 Å². The van der Waals surface area contributed by atoms with Crippen molar-refractivity contribution in [3.05, 3.63) is 60.8 Å². The second kappa shape index (κ2) is 62.8. The summed E-state index contributed by atoms with van der Waals surface area (Å²) in [6, 6.07) is -0.892. The number of phosphoric acid groups is 1. The standard InChI is InChI=1S/C73H137N2O7P/c1-7-10-13-16-19-22-25-28-30-32-34-35-36-37-38-39-41-42-44-47-50-53-56-59-62-65-72(76)74-70(69-81-83(78,79)80-68-67-75(4,5)6)71(64-61-58-55-52-49-46-27-24-21-18-15-12-9-3)82-73(77)66-63-60-57-54-51-48-45-43-40-33-31-29-26-23-20-17-14-11-8-2/h19,22,28,30,34-35,37-38,61,64,70-71H,7-18,20-21,23-27,29,31-33,36,39-60,62-63,65-69H2,1-6H3,(H-,74,76,78,79)/b22-19-,30-28-,35-34-,38-37-,64-61-. The number of rotatable bonds is 65. The quantitative estimate of drug-likeness (QED) is 0.0212. The third-order valence-electron chi connectivity index (χ3n) is 16.0. The Kier molecular flexibility index (Phi) is 61.0. The summed E-state index contributed by atoms with van der Waals surface area (Å²) in [4.78, 5) is 40.2. The number of hydrogen-bond acceptors (Lipinski definition) is 7. The van der Waals surface area contributed by atoms with Crippen molar-refractivity contribution in [3.63, 3.8) is 0 Å². The Morgan fingerprint density at radius 1 is 0.422 bits per heavy atom. The van der Waals surface area contributed by atoms with Crippen molar-refractivity contribution >= 4 is 19.7 Å². The van der Waals surface area contributed by atoms with E-state index in [4.69, 9.17) is 13.8 Å². The zero-order valence-electron chi connectivity index (χ0n) is 55.7. The fourth-order valence-corrected chi connectivity index (χ4v) is 11.2. The average molecular weight is 1190 g/mol. The molecule has 486 valence electrons. The maximum Gasteiger partial charge on any atom is 0.306 e. The minimum Gasteiger partial charge on any atom is -0.756 e. The number of carbonyl (C=O) groups excluding carboxylic acids is 2. The Morgan fingerprint density at radius 3 is 1.12 bits per heavy atom. The number of quaternary nitrogens is 1. The molecule has 0 rings (SSSR count). The molecule has 10 heteroatoms. The van der Waals surface area contributed by atoms with Crippen LogP contribution in [0.1, 0.15) is 342 Å². The molecule has 0 aliphatic heterocycles. The molecule has 83 heavy (non-hydrogen) atoms. The van der Waals surface area contributed by atoms with Crippen LogP contribution >= 0.6 is 7.82 Å². The second-order valence-electron chi connectivity index (χ2n) is 25.4. The van der Waals surface area contributed by atoms with Crippen molar-refractivity contribution in [2.45, 2.75) is 354 Å². The molecule has 3 atom stereocenters. The van der Waals surface area contributed by atoms with E-state index in [0.717, 1.165) is 89.9 Å². The number of unbranched alkanes of at least 4 members (excludes halogenated alkanes) is 41. The number of amides is 1. The number of nitrogens with zero attached hydrogens (tertiary/aromatic N) is 1. The first kappa shape index (κ1) is 80.7. The highest BCUT2D eigenvalue weighted by Gasteiger charge is 2.27. The molecule has 0 aromatic carbocycles. The molecule has 0 aliphatic rings. The summed E-state index contributed by atoms with van der Waals surface area (Å²) < 4.78 is 30.5. The normalized spacial score (nSPS) is 13.9. The maximum atomic E-state index is 13.6. The minimum absolute atomic E-state index is 0.0230. The van der Waals surface area contributed by atoms with Gasteiger partial charge in [-0.15, -0.1) is 0 Å². The lowest BCUT2D eigenvalue weighted by Gasteiger charge is -2.30. The number of ether oxygens (including phenoxy) is 1. The summed E-state index contributed by atoms with van der Waals surface area (Å²) in [6.45, 7) is 6.86. The van der Waals surface area contributed by atoms with Crippen LogP contribution in [0.2, 0.25) is 0 Å². The van der Waals surface area contributed by atoms with Crippen molar-refractivity contribution in [2.24, 2.45) is 0 Å². The van der Waals surface area contributed by atoms with Crippen molar-refractivity contribution in [2.75, 3.05) is 40.9 Å². The molecule has 0 saturated carbocycles. The van der Waals surface area contributed by atoms with Gasteiger partial charge in [-0.2, -0.15) is 0 Å². The van der Waals surface area contributed by atoms with Gasteiger partial charge in [0.05, 0.1) is 33.8 Å². The van der Waals surface area contributed by atoms with Crippen LogP contribution in [0, 0.1) is 0 Å². The van der Waals surface area contributed by atoms with Crippen LogP contribution in [0.25, 0.3) is 0 Å². The lowest BCUT2D eigenvalue weighted by Crippen LogP contribution is -2.47. The fourth-order valence-electron chi connectivity index (χ4n) is 10.4. The Hall–Kier alpha value is -2.29. The molecule has 0 aromatic rings. The number of nitrogens with one attached hydrogen (secondary N) is 1. The highest BCUT2D eigenvalue weighted by molar-refractivity contribution is 7.45. The fraction of sp³-hybridized carbons (Fsp3) is 0.836. The van der Waals surface area contributed by atoms with Crippen LogP contribution in [0.15, 0.2) is 60.8 Å². The van der Waals surface area contributed by atoms with E-state index in [2.05, 4.69) is 74.7 Å². The largest absolute Gasteiger partial charge is 0.756 e. The predicted molar refractivity (Wildman–Crippen MR) is 358 cm³/mol. The summed E-state index contributed by atoms with van der Waals surface area (Å²) >= 11 is 0. The molecule has 0 aromatic heterocycles. The Bertz CT molecular complexity index is 1600. The third kappa shape index (κ3) is 64.0. The van der Waals surface area contributed by atoms with Gasteiger partial charge in [0.1, 0.15) is 19.3 Å². The first-order chi connectivity index (χ1) is 40.4. The zero-order valence-corrected chi connectivity index (χ0v) is 56.6. The van der Waals surface area contributed by atoms with Gasteiger partial charge in [-0.25, -0.2) is 0 Å². The van der Waals surface area contributed by atoms with E-state index in [9.17, 15) is 19.0 Å². The average Bonchev–Trinajstić information content (AvgIpc) is 3.46. The summed E-state index contributed by atoms with van der Waals surface area (Å²) in [7, 11) is 1.19. The molecular weight excluding hydrogens is 1050 g/mol. The summed E-state index contributed by atoms with van der Waals surface area (Å²) in [5.41, 5.74) is 0. The number of allylic oxidation sites excluding steroid dienone is 9. The van der Waals surface area contributed by atoms with E-state index in [-0.39, 0.29) is 31.5 Å². The maximum absolute atomic E-state index is 13.6. The molecule has 0 bridgehead atoms.